The summed E-state index contributed by atoms with van der Waals surface area (Å²) < 4.78 is 22.3. The topological polar surface area (TPSA) is 73.0 Å². The van der Waals surface area contributed by atoms with Crippen LogP contribution in [0.4, 0.5) is 0 Å². The van der Waals surface area contributed by atoms with Crippen LogP contribution in [0.25, 0.3) is 4.91 Å². The standard InChI is InChI=1S/C7H7BrN2O2S/c1-5(13(9,11)12)6-2-3-7(8)10-4-6/h2-4H,1H2,(H2,9,11,12). The van der Waals surface area contributed by atoms with E-state index in [1.165, 1.54) is 6.20 Å². The summed E-state index contributed by atoms with van der Waals surface area (Å²) in [6.07, 6.45) is 1.39. The van der Waals surface area contributed by atoms with Crippen molar-refractivity contribution in [1.29, 1.82) is 0 Å². The summed E-state index contributed by atoms with van der Waals surface area (Å²) in [4.78, 5) is 3.72. The normalized spacial score (nSPS) is 11.2. The number of sulfonamides is 1. The van der Waals surface area contributed by atoms with Crippen molar-refractivity contribution >= 4 is 30.9 Å². The van der Waals surface area contributed by atoms with E-state index < -0.39 is 10.0 Å². The Hall–Kier alpha value is -0.720. The van der Waals surface area contributed by atoms with Crippen LogP contribution in [-0.2, 0) is 10.0 Å². The van der Waals surface area contributed by atoms with Gasteiger partial charge < -0.3 is 0 Å². The smallest absolute Gasteiger partial charge is 0.238 e. The summed E-state index contributed by atoms with van der Waals surface area (Å²) >= 11 is 3.12. The van der Waals surface area contributed by atoms with E-state index in [2.05, 4.69) is 27.5 Å². The fraction of sp³-hybridized carbons (Fsp3) is 0. The maximum Gasteiger partial charge on any atom is 0.238 e. The molecule has 0 spiro atoms. The number of rotatable bonds is 2. The molecule has 0 radical (unpaired) electrons. The van der Waals surface area contributed by atoms with Gasteiger partial charge in [-0.3, -0.25) is 0 Å². The van der Waals surface area contributed by atoms with Gasteiger partial charge in [-0.1, -0.05) is 6.58 Å². The summed E-state index contributed by atoms with van der Waals surface area (Å²) in [6, 6.07) is 3.19. The van der Waals surface area contributed by atoms with E-state index >= 15 is 0 Å². The molecule has 1 heterocycles. The van der Waals surface area contributed by atoms with Crippen molar-refractivity contribution < 1.29 is 8.42 Å². The van der Waals surface area contributed by atoms with Crippen molar-refractivity contribution in [3.05, 3.63) is 35.1 Å². The van der Waals surface area contributed by atoms with Gasteiger partial charge in [0.15, 0.2) is 0 Å². The van der Waals surface area contributed by atoms with E-state index in [1.807, 2.05) is 0 Å². The predicted octanol–water partition coefficient (Wildman–Crippen LogP) is 1.10. The zero-order valence-corrected chi connectivity index (χ0v) is 8.97. The van der Waals surface area contributed by atoms with Crippen molar-refractivity contribution in [2.24, 2.45) is 5.14 Å². The number of nitrogens with zero attached hydrogens (tertiary/aromatic N) is 1. The van der Waals surface area contributed by atoms with Crippen molar-refractivity contribution in [2.45, 2.75) is 0 Å². The van der Waals surface area contributed by atoms with Gasteiger partial charge in [-0.15, -0.1) is 0 Å². The first kappa shape index (κ1) is 10.4. The SMILES string of the molecule is C=C(c1ccc(Br)nc1)S(N)(=O)=O. The molecule has 1 aromatic heterocycles. The Balaban J connectivity index is 3.12. The number of halogens is 1. The number of aromatic nitrogens is 1. The molecule has 0 aliphatic heterocycles. The maximum atomic E-state index is 10.9. The van der Waals surface area contributed by atoms with Crippen LogP contribution >= 0.6 is 15.9 Å². The van der Waals surface area contributed by atoms with Crippen molar-refractivity contribution in [3.8, 4) is 0 Å². The molecule has 0 atom stereocenters. The molecular formula is C7H7BrN2O2S. The van der Waals surface area contributed by atoms with Crippen LogP contribution in [0.3, 0.4) is 0 Å². The minimum atomic E-state index is -3.72. The summed E-state index contributed by atoms with van der Waals surface area (Å²) in [7, 11) is -3.72. The van der Waals surface area contributed by atoms with Gasteiger partial charge in [0, 0.05) is 11.8 Å². The Labute approximate surface area is 84.7 Å². The van der Waals surface area contributed by atoms with E-state index in [4.69, 9.17) is 5.14 Å². The molecule has 0 saturated heterocycles. The highest BCUT2D eigenvalue weighted by molar-refractivity contribution is 9.10. The second-order valence-electron chi connectivity index (χ2n) is 2.34. The second-order valence-corrected chi connectivity index (χ2v) is 4.73. The minimum absolute atomic E-state index is 0.132. The van der Waals surface area contributed by atoms with Crippen LogP contribution in [0.15, 0.2) is 29.5 Å². The van der Waals surface area contributed by atoms with Gasteiger partial charge in [0.1, 0.15) is 4.60 Å². The van der Waals surface area contributed by atoms with Crippen molar-refractivity contribution in [2.75, 3.05) is 0 Å². The molecule has 13 heavy (non-hydrogen) atoms. The Bertz CT molecular complexity index is 424. The Kier molecular flexibility index (Phi) is 2.84. The average molecular weight is 263 g/mol. The Morgan fingerprint density at radius 1 is 1.54 bits per heavy atom. The third-order valence-corrected chi connectivity index (χ3v) is 2.78. The largest absolute Gasteiger partial charge is 0.249 e. The average Bonchev–Trinajstić information content (AvgIpc) is 2.03. The molecule has 70 valence electrons. The molecule has 0 saturated carbocycles. The molecule has 0 unspecified atom stereocenters. The lowest BCUT2D eigenvalue weighted by Crippen LogP contribution is -2.12. The quantitative estimate of drug-likeness (QED) is 0.812. The molecule has 1 rings (SSSR count). The third-order valence-electron chi connectivity index (χ3n) is 1.39. The molecule has 0 amide bonds. The summed E-state index contributed by atoms with van der Waals surface area (Å²) in [6.45, 7) is 3.36. The van der Waals surface area contributed by atoms with Crippen LogP contribution in [0.1, 0.15) is 5.56 Å². The Morgan fingerprint density at radius 2 is 2.15 bits per heavy atom. The van der Waals surface area contributed by atoms with E-state index in [1.54, 1.807) is 12.1 Å². The third kappa shape index (κ3) is 2.61. The van der Waals surface area contributed by atoms with Gasteiger partial charge in [-0.2, -0.15) is 0 Å². The van der Waals surface area contributed by atoms with Crippen LogP contribution in [-0.4, -0.2) is 13.4 Å². The summed E-state index contributed by atoms with van der Waals surface area (Å²) in [5.41, 5.74) is 0.394. The predicted molar refractivity (Wildman–Crippen MR) is 54.1 cm³/mol. The molecule has 6 heteroatoms. The Morgan fingerprint density at radius 3 is 2.54 bits per heavy atom. The highest BCUT2D eigenvalue weighted by Crippen LogP contribution is 2.16. The number of nitrogens with two attached hydrogens (primary N) is 1. The van der Waals surface area contributed by atoms with Crippen LogP contribution in [0, 0.1) is 0 Å². The number of hydrogen-bond acceptors (Lipinski definition) is 3. The lowest BCUT2D eigenvalue weighted by atomic mass is 10.3. The lowest BCUT2D eigenvalue weighted by molar-refractivity contribution is 0.607. The number of primary sulfonamides is 1. The molecule has 0 aliphatic rings. The minimum Gasteiger partial charge on any atom is -0.249 e. The van der Waals surface area contributed by atoms with Gasteiger partial charge in [-0.05, 0) is 28.1 Å². The van der Waals surface area contributed by atoms with Crippen LogP contribution < -0.4 is 5.14 Å². The number of hydrogen-bond donors (Lipinski definition) is 1. The lowest BCUT2D eigenvalue weighted by Gasteiger charge is -2.01. The highest BCUT2D eigenvalue weighted by Gasteiger charge is 2.11. The van der Waals surface area contributed by atoms with Gasteiger partial charge >= 0.3 is 0 Å². The van der Waals surface area contributed by atoms with E-state index in [0.717, 1.165) is 0 Å². The first-order valence-electron chi connectivity index (χ1n) is 3.25. The summed E-state index contributed by atoms with van der Waals surface area (Å²) in [5, 5.41) is 4.88. The monoisotopic (exact) mass is 262 g/mol. The van der Waals surface area contributed by atoms with Gasteiger partial charge in [0.25, 0.3) is 0 Å². The van der Waals surface area contributed by atoms with Crippen molar-refractivity contribution in [3.63, 3.8) is 0 Å². The van der Waals surface area contributed by atoms with Crippen LogP contribution in [0.5, 0.6) is 0 Å². The zero-order valence-electron chi connectivity index (χ0n) is 6.57. The van der Waals surface area contributed by atoms with E-state index in [-0.39, 0.29) is 4.91 Å². The first-order chi connectivity index (χ1) is 5.91. The molecular weight excluding hydrogens is 256 g/mol. The molecule has 0 aromatic carbocycles. The molecule has 0 aliphatic carbocycles. The summed E-state index contributed by atoms with van der Waals surface area (Å²) in [5.74, 6) is 0. The fourth-order valence-corrected chi connectivity index (χ4v) is 1.39. The zero-order chi connectivity index (χ0) is 10.1. The van der Waals surface area contributed by atoms with E-state index in [0.29, 0.717) is 10.2 Å². The second kappa shape index (κ2) is 3.57. The van der Waals surface area contributed by atoms with Crippen molar-refractivity contribution in [1.82, 2.24) is 4.98 Å². The molecule has 1 aromatic rings. The first-order valence-corrected chi connectivity index (χ1v) is 5.59. The van der Waals surface area contributed by atoms with Gasteiger partial charge in [-0.25, -0.2) is 18.5 Å². The van der Waals surface area contributed by atoms with Gasteiger partial charge in [0.2, 0.25) is 10.0 Å². The maximum absolute atomic E-state index is 10.9. The molecule has 0 fully saturated rings. The molecule has 4 nitrogen and oxygen atoms in total. The number of pyridine rings is 1. The fourth-order valence-electron chi connectivity index (χ4n) is 0.705. The molecule has 0 bridgehead atoms. The highest BCUT2D eigenvalue weighted by atomic mass is 79.9. The van der Waals surface area contributed by atoms with Crippen LogP contribution in [0.2, 0.25) is 0 Å². The molecule has 2 N–H and O–H groups in total. The van der Waals surface area contributed by atoms with E-state index in [9.17, 15) is 8.42 Å². The van der Waals surface area contributed by atoms with Gasteiger partial charge in [0.05, 0.1) is 4.91 Å².